The van der Waals surface area contributed by atoms with Gasteiger partial charge in [0.2, 0.25) is 0 Å². The standard InChI is InChI=1S/C13H18Br2S/c1-16-8-7-13(10-14,11-15)9-12-5-3-2-4-6-12/h2-6H,7-11H2,1H3. The molecule has 0 radical (unpaired) electrons. The largest absolute Gasteiger partial charge is 0.165 e. The fourth-order valence-corrected chi connectivity index (χ4v) is 4.22. The number of alkyl halides is 2. The van der Waals surface area contributed by atoms with E-state index in [0.717, 1.165) is 17.1 Å². The van der Waals surface area contributed by atoms with Crippen LogP contribution < -0.4 is 0 Å². The third kappa shape index (κ3) is 4.42. The van der Waals surface area contributed by atoms with Crippen LogP contribution >= 0.6 is 43.6 Å². The lowest BCUT2D eigenvalue weighted by Crippen LogP contribution is -2.28. The van der Waals surface area contributed by atoms with E-state index in [1.165, 1.54) is 17.7 Å². The molecule has 0 amide bonds. The first-order valence-corrected chi connectivity index (χ1v) is 9.05. The highest BCUT2D eigenvalue weighted by Gasteiger charge is 2.27. The van der Waals surface area contributed by atoms with Gasteiger partial charge in [0.05, 0.1) is 0 Å². The van der Waals surface area contributed by atoms with Crippen LogP contribution in [0.1, 0.15) is 12.0 Å². The molecule has 1 aromatic carbocycles. The van der Waals surface area contributed by atoms with Crippen LogP contribution in [0.5, 0.6) is 0 Å². The molecular weight excluding hydrogens is 348 g/mol. The van der Waals surface area contributed by atoms with Crippen molar-refractivity contribution in [3.8, 4) is 0 Å². The SMILES string of the molecule is CSCCC(CBr)(CBr)Cc1ccccc1. The van der Waals surface area contributed by atoms with Gasteiger partial charge in [-0.05, 0) is 35.8 Å². The summed E-state index contributed by atoms with van der Waals surface area (Å²) in [4.78, 5) is 0. The van der Waals surface area contributed by atoms with Gasteiger partial charge in [-0.25, -0.2) is 0 Å². The summed E-state index contributed by atoms with van der Waals surface area (Å²) in [6.07, 6.45) is 4.57. The summed E-state index contributed by atoms with van der Waals surface area (Å²) in [6.45, 7) is 0. The summed E-state index contributed by atoms with van der Waals surface area (Å²) < 4.78 is 0. The molecule has 0 spiro atoms. The molecule has 1 aromatic rings. The van der Waals surface area contributed by atoms with Crippen molar-refractivity contribution in [2.24, 2.45) is 5.41 Å². The van der Waals surface area contributed by atoms with Gasteiger partial charge in [-0.1, -0.05) is 62.2 Å². The number of rotatable bonds is 7. The van der Waals surface area contributed by atoms with Crippen molar-refractivity contribution in [3.63, 3.8) is 0 Å². The van der Waals surface area contributed by atoms with E-state index in [4.69, 9.17) is 0 Å². The van der Waals surface area contributed by atoms with Gasteiger partial charge in [0, 0.05) is 10.7 Å². The Labute approximate surface area is 120 Å². The summed E-state index contributed by atoms with van der Waals surface area (Å²) in [6, 6.07) is 10.8. The Balaban J connectivity index is 2.70. The molecule has 0 N–H and O–H groups in total. The monoisotopic (exact) mass is 364 g/mol. The maximum absolute atomic E-state index is 3.68. The third-order valence-electron chi connectivity index (χ3n) is 2.83. The van der Waals surface area contributed by atoms with Gasteiger partial charge in [0.1, 0.15) is 0 Å². The Kier molecular flexibility index (Phi) is 7.09. The quantitative estimate of drug-likeness (QED) is 0.628. The smallest absolute Gasteiger partial charge is 0.00994 e. The molecule has 90 valence electrons. The normalized spacial score (nSPS) is 11.7. The highest BCUT2D eigenvalue weighted by Crippen LogP contribution is 2.32. The topological polar surface area (TPSA) is 0 Å². The van der Waals surface area contributed by atoms with Crippen molar-refractivity contribution in [1.82, 2.24) is 0 Å². The maximum Gasteiger partial charge on any atom is 0.00994 e. The second-order valence-corrected chi connectivity index (χ2v) is 6.28. The fraction of sp³-hybridized carbons (Fsp3) is 0.538. The van der Waals surface area contributed by atoms with Gasteiger partial charge < -0.3 is 0 Å². The Morgan fingerprint density at radius 1 is 1.12 bits per heavy atom. The number of halogens is 2. The molecule has 0 bridgehead atoms. The van der Waals surface area contributed by atoms with Crippen molar-refractivity contribution in [2.75, 3.05) is 22.7 Å². The Morgan fingerprint density at radius 2 is 1.75 bits per heavy atom. The van der Waals surface area contributed by atoms with Crippen LogP contribution in [0.3, 0.4) is 0 Å². The predicted octanol–water partition coefficient (Wildman–Crippen LogP) is 4.76. The Bertz CT molecular complexity index is 283. The zero-order valence-corrected chi connectivity index (χ0v) is 13.6. The lowest BCUT2D eigenvalue weighted by molar-refractivity contribution is 0.377. The molecule has 0 aliphatic rings. The fourth-order valence-electron chi connectivity index (χ4n) is 1.70. The molecule has 0 aliphatic carbocycles. The Hall–Kier alpha value is 0.530. The van der Waals surface area contributed by atoms with Crippen LogP contribution in [-0.2, 0) is 6.42 Å². The summed E-state index contributed by atoms with van der Waals surface area (Å²) >= 11 is 9.29. The summed E-state index contributed by atoms with van der Waals surface area (Å²) in [5.74, 6) is 1.23. The minimum atomic E-state index is 0.352. The zero-order chi connectivity index (χ0) is 11.9. The first kappa shape index (κ1) is 14.6. The van der Waals surface area contributed by atoms with Gasteiger partial charge >= 0.3 is 0 Å². The number of hydrogen-bond acceptors (Lipinski definition) is 1. The van der Waals surface area contributed by atoms with Crippen molar-refractivity contribution in [3.05, 3.63) is 35.9 Å². The van der Waals surface area contributed by atoms with E-state index in [-0.39, 0.29) is 0 Å². The highest BCUT2D eigenvalue weighted by atomic mass is 79.9. The van der Waals surface area contributed by atoms with Gasteiger partial charge in [0.15, 0.2) is 0 Å². The van der Waals surface area contributed by atoms with Crippen molar-refractivity contribution < 1.29 is 0 Å². The third-order valence-corrected chi connectivity index (χ3v) is 5.82. The van der Waals surface area contributed by atoms with Crippen molar-refractivity contribution >= 4 is 43.6 Å². The zero-order valence-electron chi connectivity index (χ0n) is 9.59. The van der Waals surface area contributed by atoms with E-state index >= 15 is 0 Å². The van der Waals surface area contributed by atoms with Crippen LogP contribution in [-0.4, -0.2) is 22.7 Å². The van der Waals surface area contributed by atoms with Gasteiger partial charge in [0.25, 0.3) is 0 Å². The Morgan fingerprint density at radius 3 is 2.25 bits per heavy atom. The van der Waals surface area contributed by atoms with Crippen LogP contribution in [0.4, 0.5) is 0 Å². The lowest BCUT2D eigenvalue weighted by atomic mass is 9.83. The predicted molar refractivity (Wildman–Crippen MR) is 83.2 cm³/mol. The van der Waals surface area contributed by atoms with Gasteiger partial charge in [-0.3, -0.25) is 0 Å². The van der Waals surface area contributed by atoms with Crippen molar-refractivity contribution in [2.45, 2.75) is 12.8 Å². The molecule has 0 atom stereocenters. The highest BCUT2D eigenvalue weighted by molar-refractivity contribution is 9.09. The van der Waals surface area contributed by atoms with E-state index < -0.39 is 0 Å². The molecule has 0 aliphatic heterocycles. The first-order chi connectivity index (χ1) is 7.76. The lowest BCUT2D eigenvalue weighted by Gasteiger charge is -2.30. The molecule has 0 fully saturated rings. The number of hydrogen-bond donors (Lipinski definition) is 0. The van der Waals surface area contributed by atoms with Crippen LogP contribution in [0, 0.1) is 5.41 Å². The average Bonchev–Trinajstić information content (AvgIpc) is 2.36. The molecular formula is C13H18Br2S. The van der Waals surface area contributed by atoms with Crippen molar-refractivity contribution in [1.29, 1.82) is 0 Å². The summed E-state index contributed by atoms with van der Waals surface area (Å²) in [5.41, 5.74) is 1.78. The molecule has 0 nitrogen and oxygen atoms in total. The second kappa shape index (κ2) is 7.78. The maximum atomic E-state index is 3.68. The molecule has 0 unspecified atom stereocenters. The van der Waals surface area contributed by atoms with Gasteiger partial charge in [-0.2, -0.15) is 11.8 Å². The molecule has 0 saturated heterocycles. The minimum Gasteiger partial charge on any atom is -0.165 e. The van der Waals surface area contributed by atoms with Crippen LogP contribution in [0.25, 0.3) is 0 Å². The van der Waals surface area contributed by atoms with E-state index in [2.05, 4.69) is 68.4 Å². The van der Waals surface area contributed by atoms with E-state index in [1.807, 2.05) is 11.8 Å². The van der Waals surface area contributed by atoms with Crippen LogP contribution in [0.2, 0.25) is 0 Å². The van der Waals surface area contributed by atoms with Crippen LogP contribution in [0.15, 0.2) is 30.3 Å². The summed E-state index contributed by atoms with van der Waals surface area (Å²) in [5, 5.41) is 2.11. The van der Waals surface area contributed by atoms with Gasteiger partial charge in [-0.15, -0.1) is 0 Å². The van der Waals surface area contributed by atoms with E-state index in [1.54, 1.807) is 0 Å². The van der Waals surface area contributed by atoms with E-state index in [9.17, 15) is 0 Å². The molecule has 0 heterocycles. The molecule has 0 aromatic heterocycles. The number of benzene rings is 1. The second-order valence-electron chi connectivity index (χ2n) is 4.17. The molecule has 1 rings (SSSR count). The van der Waals surface area contributed by atoms with E-state index in [0.29, 0.717) is 5.41 Å². The first-order valence-electron chi connectivity index (χ1n) is 5.41. The molecule has 16 heavy (non-hydrogen) atoms. The average molecular weight is 366 g/mol. The minimum absolute atomic E-state index is 0.352. The number of thioether (sulfide) groups is 1. The molecule has 0 saturated carbocycles. The summed E-state index contributed by atoms with van der Waals surface area (Å²) in [7, 11) is 0. The molecule has 3 heteroatoms.